The summed E-state index contributed by atoms with van der Waals surface area (Å²) < 4.78 is 36.9. The van der Waals surface area contributed by atoms with Gasteiger partial charge in [0.05, 0.1) is 24.4 Å². The molecule has 4 rings (SSSR count). The van der Waals surface area contributed by atoms with E-state index in [2.05, 4.69) is 46.4 Å². The molecule has 1 aliphatic carbocycles. The minimum Gasteiger partial charge on any atom is -0.456 e. The van der Waals surface area contributed by atoms with E-state index in [1.54, 1.807) is 41.3 Å². The standard InChI is InChI=1S/C50H83NO12Si/c1-15-16-35-22-28(2)21-29(3)23-41(59-13)44-42(60-14)25-32(6)50(57,62-44)45(54)46(55)51-37(19-17-31(5)49(51,11)63-64)47(56)61-43(33(7)36(27-39(35)53)48(8,9)10)30(4)24-34-18-20-38(52)40(26-34)58-12/h15,22,24,29,31-38,40-44,52,57H,1,16-21,23,25-27H2,2-14,64H3. The number of hydrogen-bond donors (Lipinski definition) is 2. The third kappa shape index (κ3) is 11.9. The number of esters is 1. The summed E-state index contributed by atoms with van der Waals surface area (Å²) in [6.07, 6.45) is 6.57. The molecule has 14 heteroatoms. The zero-order valence-electron chi connectivity index (χ0n) is 41.5. The molecule has 1 amide bonds. The van der Waals surface area contributed by atoms with Crippen molar-refractivity contribution in [3.05, 3.63) is 36.0 Å². The van der Waals surface area contributed by atoms with E-state index in [-0.39, 0.29) is 71.2 Å². The van der Waals surface area contributed by atoms with Crippen molar-refractivity contribution in [2.24, 2.45) is 46.8 Å². The van der Waals surface area contributed by atoms with Crippen molar-refractivity contribution in [3.8, 4) is 0 Å². The lowest BCUT2D eigenvalue weighted by atomic mass is 9.67. The summed E-state index contributed by atoms with van der Waals surface area (Å²) in [5, 5.41) is 23.0. The molecule has 364 valence electrons. The number of aliphatic hydroxyl groups excluding tert-OH is 1. The molecular weight excluding hydrogens is 835 g/mol. The molecule has 3 heterocycles. The van der Waals surface area contributed by atoms with E-state index in [4.69, 9.17) is 28.1 Å². The van der Waals surface area contributed by atoms with E-state index in [0.717, 1.165) is 11.1 Å². The van der Waals surface area contributed by atoms with E-state index in [1.807, 2.05) is 27.7 Å². The van der Waals surface area contributed by atoms with Gasteiger partial charge in [-0.2, -0.15) is 0 Å². The van der Waals surface area contributed by atoms with Crippen molar-refractivity contribution >= 4 is 33.9 Å². The van der Waals surface area contributed by atoms with E-state index in [1.165, 1.54) is 4.90 Å². The number of rotatable bonds is 8. The Labute approximate surface area is 386 Å². The lowest BCUT2D eigenvalue weighted by Crippen LogP contribution is -2.69. The summed E-state index contributed by atoms with van der Waals surface area (Å²) in [6.45, 7) is 23.6. The first kappa shape index (κ1) is 54.0. The van der Waals surface area contributed by atoms with Gasteiger partial charge < -0.3 is 38.3 Å². The van der Waals surface area contributed by atoms with Crippen LogP contribution in [0.15, 0.2) is 36.0 Å². The first-order valence-corrected chi connectivity index (χ1v) is 24.5. The molecule has 64 heavy (non-hydrogen) atoms. The number of nitrogens with zero attached hydrogens (tertiary/aromatic N) is 1. The van der Waals surface area contributed by atoms with Crippen molar-refractivity contribution in [3.63, 3.8) is 0 Å². The van der Waals surface area contributed by atoms with Crippen molar-refractivity contribution in [1.29, 1.82) is 0 Å². The Bertz CT molecular complexity index is 1710. The molecule has 0 spiro atoms. The highest BCUT2D eigenvalue weighted by atomic mass is 28.2. The number of aliphatic hydroxyl groups is 2. The molecule has 16 atom stereocenters. The van der Waals surface area contributed by atoms with Crippen LogP contribution >= 0.6 is 0 Å². The molecule has 4 aliphatic rings. The average Bonchev–Trinajstić information content (AvgIpc) is 3.24. The van der Waals surface area contributed by atoms with Gasteiger partial charge >= 0.3 is 5.97 Å². The Morgan fingerprint density at radius 1 is 0.938 bits per heavy atom. The first-order chi connectivity index (χ1) is 29.9. The fourth-order valence-electron chi connectivity index (χ4n) is 11.3. The summed E-state index contributed by atoms with van der Waals surface area (Å²) >= 11 is 0. The third-order valence-electron chi connectivity index (χ3n) is 15.5. The maximum atomic E-state index is 15.1. The number of carbonyl (C=O) groups is 4. The summed E-state index contributed by atoms with van der Waals surface area (Å²) in [7, 11) is 4.86. The van der Waals surface area contributed by atoms with Crippen LogP contribution in [0.1, 0.15) is 133 Å². The van der Waals surface area contributed by atoms with Gasteiger partial charge in [-0.25, -0.2) is 4.79 Å². The summed E-state index contributed by atoms with van der Waals surface area (Å²) in [4.78, 5) is 60.8. The van der Waals surface area contributed by atoms with Crippen LogP contribution in [0, 0.1) is 46.8 Å². The summed E-state index contributed by atoms with van der Waals surface area (Å²) in [6, 6.07) is -1.25. The van der Waals surface area contributed by atoms with Gasteiger partial charge in [0.2, 0.25) is 5.79 Å². The molecule has 1 saturated carbocycles. The van der Waals surface area contributed by atoms with Gasteiger partial charge in [0.15, 0.2) is 0 Å². The number of ether oxygens (including phenoxy) is 5. The SMILES string of the molecule is C=CCC1C=C(C)CC(C)CC(OC)C2OC(O)(C(=O)C(=O)N3C(CCC(C)C3(C)O[SiH3])C(=O)OC(C(C)=CC3CCC(O)C(OC)C3)C(C)C(C(C)(C)C)CC1=O)C(C)CC2OC. The monoisotopic (exact) mass is 918 g/mol. The molecule has 3 fully saturated rings. The predicted molar refractivity (Wildman–Crippen MR) is 249 cm³/mol. The Balaban J connectivity index is 1.94. The molecule has 2 N–H and O–H groups in total. The lowest BCUT2D eigenvalue weighted by molar-refractivity contribution is -0.303. The molecule has 0 aromatic carbocycles. The number of amides is 1. The van der Waals surface area contributed by atoms with Crippen LogP contribution in [0.2, 0.25) is 0 Å². The van der Waals surface area contributed by atoms with Crippen LogP contribution in [0.4, 0.5) is 0 Å². The van der Waals surface area contributed by atoms with E-state index in [9.17, 15) is 19.8 Å². The molecule has 16 unspecified atom stereocenters. The molecule has 13 nitrogen and oxygen atoms in total. The average molecular weight is 918 g/mol. The van der Waals surface area contributed by atoms with Crippen LogP contribution in [0.5, 0.6) is 0 Å². The van der Waals surface area contributed by atoms with Gasteiger partial charge in [-0.3, -0.25) is 19.3 Å². The predicted octanol–water partition coefficient (Wildman–Crippen LogP) is 6.20. The van der Waals surface area contributed by atoms with Crippen LogP contribution < -0.4 is 0 Å². The number of carbonyl (C=O) groups excluding carboxylic acids is 4. The second-order valence-electron chi connectivity index (χ2n) is 21.1. The zero-order valence-corrected chi connectivity index (χ0v) is 43.5. The Morgan fingerprint density at radius 2 is 1.56 bits per heavy atom. The number of cyclic esters (lactones) is 1. The number of ketones is 2. The van der Waals surface area contributed by atoms with Crippen molar-refractivity contribution in [2.45, 2.75) is 188 Å². The highest BCUT2D eigenvalue weighted by Gasteiger charge is 2.60. The molecule has 0 aromatic rings. The van der Waals surface area contributed by atoms with Gasteiger partial charge in [0.25, 0.3) is 11.7 Å². The quantitative estimate of drug-likeness (QED) is 0.123. The fraction of sp³-hybridized carbons (Fsp3) is 0.800. The molecule has 2 saturated heterocycles. The van der Waals surface area contributed by atoms with Gasteiger partial charge in [-0.15, -0.1) is 6.58 Å². The van der Waals surface area contributed by atoms with Crippen LogP contribution in [0.25, 0.3) is 0 Å². The second-order valence-corrected chi connectivity index (χ2v) is 21.5. The highest BCUT2D eigenvalue weighted by Crippen LogP contribution is 2.44. The number of piperidine rings is 1. The van der Waals surface area contributed by atoms with E-state index in [0.29, 0.717) is 44.9 Å². The minimum absolute atomic E-state index is 0.0236. The fourth-order valence-corrected chi connectivity index (χ4v) is 11.9. The molecule has 0 aromatic heterocycles. The Kier molecular flexibility index (Phi) is 19.0. The van der Waals surface area contributed by atoms with Gasteiger partial charge in [-0.1, -0.05) is 72.3 Å². The van der Waals surface area contributed by atoms with Gasteiger partial charge in [-0.05, 0) is 107 Å². The van der Waals surface area contributed by atoms with E-state index >= 15 is 9.59 Å². The zero-order chi connectivity index (χ0) is 48.1. The molecule has 2 bridgehead atoms. The van der Waals surface area contributed by atoms with Crippen molar-refractivity contribution in [2.75, 3.05) is 21.3 Å². The van der Waals surface area contributed by atoms with Crippen LogP contribution in [0.3, 0.4) is 0 Å². The Hall–Kier alpha value is -2.56. The maximum Gasteiger partial charge on any atom is 0.329 e. The first-order valence-electron chi connectivity index (χ1n) is 23.7. The Morgan fingerprint density at radius 3 is 2.14 bits per heavy atom. The lowest BCUT2D eigenvalue weighted by Gasteiger charge is -2.52. The van der Waals surface area contributed by atoms with Crippen LogP contribution in [-0.2, 0) is 47.3 Å². The number of allylic oxidation sites excluding steroid dienone is 4. The van der Waals surface area contributed by atoms with E-state index < -0.39 is 83.0 Å². The van der Waals surface area contributed by atoms with Gasteiger partial charge in [0, 0.05) is 51.4 Å². The number of Topliss-reactive ketones (excluding diaryl/α,β-unsaturated/α-hetero) is 2. The number of hydrogen-bond acceptors (Lipinski definition) is 12. The van der Waals surface area contributed by atoms with Crippen LogP contribution in [-0.4, -0.2) is 125 Å². The smallest absolute Gasteiger partial charge is 0.329 e. The largest absolute Gasteiger partial charge is 0.456 e. The maximum absolute atomic E-state index is 15.1. The molecule has 3 aliphatic heterocycles. The number of methoxy groups -OCH3 is 3. The van der Waals surface area contributed by atoms with Crippen molar-refractivity contribution in [1.82, 2.24) is 4.90 Å². The molecular formula is C50H83NO12Si. The topological polar surface area (TPSA) is 167 Å². The van der Waals surface area contributed by atoms with Crippen molar-refractivity contribution < 1.29 is 57.5 Å². The highest BCUT2D eigenvalue weighted by molar-refractivity contribution is 6.39. The summed E-state index contributed by atoms with van der Waals surface area (Å²) in [5.74, 6) is -7.69. The number of fused-ring (bicyclic) bond motifs is 3. The summed E-state index contributed by atoms with van der Waals surface area (Å²) in [5.41, 5.74) is 0.0126. The van der Waals surface area contributed by atoms with Gasteiger partial charge in [0.1, 0.15) is 40.2 Å². The normalized spacial score (nSPS) is 40.8. The minimum atomic E-state index is -2.57. The third-order valence-corrected chi connectivity index (χ3v) is 16.3. The molecule has 0 radical (unpaired) electrons. The second kappa shape index (κ2) is 22.5.